The van der Waals surface area contributed by atoms with Crippen molar-refractivity contribution < 1.29 is 38.1 Å². The van der Waals surface area contributed by atoms with E-state index in [0.29, 0.717) is 13.0 Å². The van der Waals surface area contributed by atoms with Crippen molar-refractivity contribution in [3.05, 3.63) is 53.9 Å². The molecule has 3 rings (SSSR count). The standard InChI is InChI=1S/C27H34N2O8/c1-18-14-21(11-7-10-20-8-5-4-6-9-20)15-34-16-22(27(32)37-18)29-26(31)24-25(36-17-35-19(2)30)23(33-3)12-13-28-24/h4-6,8-9,12-13,18,21-22H,7,10-11,14-17H2,1-3H3,(H,29,31)/t18?,21?,22-/m0/s1. The minimum atomic E-state index is -1.03. The van der Waals surface area contributed by atoms with Crippen LogP contribution in [0.15, 0.2) is 42.6 Å². The molecule has 1 aromatic heterocycles. The van der Waals surface area contributed by atoms with Crippen molar-refractivity contribution in [2.24, 2.45) is 5.92 Å². The molecule has 10 nitrogen and oxygen atoms in total. The van der Waals surface area contributed by atoms with Gasteiger partial charge in [-0.15, -0.1) is 0 Å². The molecule has 1 amide bonds. The number of cyclic esters (lactones) is 1. The summed E-state index contributed by atoms with van der Waals surface area (Å²) in [6.45, 7) is 3.05. The molecule has 0 radical (unpaired) electrons. The fourth-order valence-electron chi connectivity index (χ4n) is 4.12. The number of benzene rings is 1. The Morgan fingerprint density at radius 3 is 2.68 bits per heavy atom. The van der Waals surface area contributed by atoms with Crippen LogP contribution in [0.4, 0.5) is 0 Å². The number of nitrogens with one attached hydrogen (secondary N) is 1. The van der Waals surface area contributed by atoms with Gasteiger partial charge >= 0.3 is 11.9 Å². The monoisotopic (exact) mass is 514 g/mol. The van der Waals surface area contributed by atoms with Gasteiger partial charge in [0.1, 0.15) is 0 Å². The van der Waals surface area contributed by atoms with Crippen LogP contribution in [0.3, 0.4) is 0 Å². The first-order chi connectivity index (χ1) is 17.9. The van der Waals surface area contributed by atoms with Gasteiger partial charge in [0.2, 0.25) is 6.79 Å². The lowest BCUT2D eigenvalue weighted by Crippen LogP contribution is -2.45. The van der Waals surface area contributed by atoms with Crippen LogP contribution in [0.2, 0.25) is 0 Å². The van der Waals surface area contributed by atoms with Crippen LogP contribution in [-0.2, 0) is 30.2 Å². The lowest BCUT2D eigenvalue weighted by Gasteiger charge is -2.20. The van der Waals surface area contributed by atoms with Crippen LogP contribution in [0, 0.1) is 5.92 Å². The number of rotatable bonds is 10. The Labute approximate surface area is 216 Å². The van der Waals surface area contributed by atoms with Gasteiger partial charge in [-0.1, -0.05) is 30.3 Å². The van der Waals surface area contributed by atoms with E-state index < -0.39 is 30.7 Å². The number of esters is 2. The predicted molar refractivity (Wildman–Crippen MR) is 133 cm³/mol. The van der Waals surface area contributed by atoms with E-state index in [1.54, 1.807) is 0 Å². The molecule has 2 unspecified atom stereocenters. The summed E-state index contributed by atoms with van der Waals surface area (Å²) in [5.74, 6) is -1.40. The third kappa shape index (κ3) is 8.75. The van der Waals surface area contributed by atoms with Crippen LogP contribution in [0.25, 0.3) is 0 Å². The van der Waals surface area contributed by atoms with E-state index in [0.717, 1.165) is 19.3 Å². The number of pyridine rings is 1. The first kappa shape index (κ1) is 27.9. The Morgan fingerprint density at radius 1 is 1.16 bits per heavy atom. The summed E-state index contributed by atoms with van der Waals surface area (Å²) in [6.07, 6.45) is 4.62. The predicted octanol–water partition coefficient (Wildman–Crippen LogP) is 3.08. The maximum atomic E-state index is 13.1. The zero-order chi connectivity index (χ0) is 26.6. The Balaban J connectivity index is 1.61. The third-order valence-electron chi connectivity index (χ3n) is 5.90. The first-order valence-corrected chi connectivity index (χ1v) is 12.3. The van der Waals surface area contributed by atoms with E-state index >= 15 is 0 Å². The minimum Gasteiger partial charge on any atom is -0.493 e. The van der Waals surface area contributed by atoms with Gasteiger partial charge in [-0.25, -0.2) is 9.78 Å². The molecule has 1 N–H and O–H groups in total. The summed E-state index contributed by atoms with van der Waals surface area (Å²) in [6, 6.07) is 10.8. The smallest absolute Gasteiger partial charge is 0.331 e. The van der Waals surface area contributed by atoms with E-state index in [1.165, 1.54) is 31.9 Å². The highest BCUT2D eigenvalue weighted by Gasteiger charge is 2.30. The fourth-order valence-corrected chi connectivity index (χ4v) is 4.12. The third-order valence-corrected chi connectivity index (χ3v) is 5.90. The van der Waals surface area contributed by atoms with Crippen molar-refractivity contribution in [2.45, 2.75) is 51.7 Å². The van der Waals surface area contributed by atoms with E-state index in [1.807, 2.05) is 25.1 Å². The van der Waals surface area contributed by atoms with Crippen LogP contribution < -0.4 is 14.8 Å². The molecule has 2 aromatic rings. The highest BCUT2D eigenvalue weighted by atomic mass is 16.7. The average Bonchev–Trinajstić information content (AvgIpc) is 2.93. The minimum absolute atomic E-state index is 0.0204. The van der Waals surface area contributed by atoms with Gasteiger partial charge in [0, 0.05) is 25.8 Å². The molecule has 1 aromatic carbocycles. The topological polar surface area (TPSA) is 122 Å². The fraction of sp³-hybridized carbons (Fsp3) is 0.481. The van der Waals surface area contributed by atoms with Crippen molar-refractivity contribution in [2.75, 3.05) is 27.1 Å². The second-order valence-electron chi connectivity index (χ2n) is 8.88. The number of aryl methyl sites for hydroxylation is 1. The lowest BCUT2D eigenvalue weighted by molar-refractivity contribution is -0.151. The number of methoxy groups -OCH3 is 1. The van der Waals surface area contributed by atoms with Gasteiger partial charge in [-0.05, 0) is 44.1 Å². The quantitative estimate of drug-likeness (QED) is 0.376. The van der Waals surface area contributed by atoms with E-state index in [2.05, 4.69) is 22.4 Å². The molecular weight excluding hydrogens is 480 g/mol. The molecule has 0 aliphatic carbocycles. The van der Waals surface area contributed by atoms with Gasteiger partial charge in [-0.3, -0.25) is 9.59 Å². The zero-order valence-corrected chi connectivity index (χ0v) is 21.4. The van der Waals surface area contributed by atoms with Gasteiger partial charge < -0.3 is 29.0 Å². The Morgan fingerprint density at radius 2 is 1.95 bits per heavy atom. The number of carbonyl (C=O) groups is 3. The van der Waals surface area contributed by atoms with Crippen molar-refractivity contribution in [3.63, 3.8) is 0 Å². The highest BCUT2D eigenvalue weighted by molar-refractivity contribution is 5.98. The maximum Gasteiger partial charge on any atom is 0.331 e. The number of hydrogen-bond donors (Lipinski definition) is 1. The summed E-state index contributed by atoms with van der Waals surface area (Å²) in [4.78, 5) is 41.0. The number of amides is 1. The van der Waals surface area contributed by atoms with E-state index in [9.17, 15) is 14.4 Å². The van der Waals surface area contributed by atoms with Gasteiger partial charge in [0.15, 0.2) is 23.2 Å². The Bertz CT molecular complexity index is 1050. The van der Waals surface area contributed by atoms with Gasteiger partial charge in [0.05, 0.1) is 19.8 Å². The largest absolute Gasteiger partial charge is 0.493 e. The number of ether oxygens (including phenoxy) is 5. The van der Waals surface area contributed by atoms with Gasteiger partial charge in [0.25, 0.3) is 5.91 Å². The molecule has 10 heteroatoms. The van der Waals surface area contributed by atoms with Crippen molar-refractivity contribution in [1.29, 1.82) is 0 Å². The highest BCUT2D eigenvalue weighted by Crippen LogP contribution is 2.29. The van der Waals surface area contributed by atoms with E-state index in [-0.39, 0.29) is 35.8 Å². The normalized spacial score (nSPS) is 20.0. The van der Waals surface area contributed by atoms with Crippen LogP contribution in [0.5, 0.6) is 11.5 Å². The Kier molecular flexibility index (Phi) is 10.7. The molecule has 0 bridgehead atoms. The molecule has 1 fully saturated rings. The second kappa shape index (κ2) is 14.2. The molecule has 2 heterocycles. The van der Waals surface area contributed by atoms with Crippen LogP contribution in [0.1, 0.15) is 49.2 Å². The molecular formula is C27H34N2O8. The summed E-state index contributed by atoms with van der Waals surface area (Å²) in [5, 5.41) is 2.63. The second-order valence-corrected chi connectivity index (χ2v) is 8.88. The average molecular weight is 515 g/mol. The summed E-state index contributed by atoms with van der Waals surface area (Å²) in [7, 11) is 1.40. The van der Waals surface area contributed by atoms with Crippen LogP contribution >= 0.6 is 0 Å². The summed E-state index contributed by atoms with van der Waals surface area (Å²) >= 11 is 0. The summed E-state index contributed by atoms with van der Waals surface area (Å²) in [5.41, 5.74) is 1.15. The molecule has 37 heavy (non-hydrogen) atoms. The number of aromatic nitrogens is 1. The van der Waals surface area contributed by atoms with Crippen molar-refractivity contribution >= 4 is 17.8 Å². The molecule has 200 valence electrons. The number of nitrogens with zero attached hydrogens (tertiary/aromatic N) is 1. The SMILES string of the molecule is COc1ccnc(C(=O)N[C@H]2COCC(CCCc3ccccc3)CC(C)OC2=O)c1OCOC(C)=O. The molecule has 1 saturated heterocycles. The molecule has 0 spiro atoms. The molecule has 1 aliphatic rings. The Hall–Kier alpha value is -3.66. The maximum absolute atomic E-state index is 13.1. The number of carbonyl (C=O) groups excluding carboxylic acids is 3. The van der Waals surface area contributed by atoms with Crippen LogP contribution in [-0.4, -0.2) is 62.1 Å². The number of hydrogen-bond acceptors (Lipinski definition) is 9. The summed E-state index contributed by atoms with van der Waals surface area (Å²) < 4.78 is 26.9. The van der Waals surface area contributed by atoms with Crippen molar-refractivity contribution in [3.8, 4) is 11.5 Å². The van der Waals surface area contributed by atoms with Gasteiger partial charge in [-0.2, -0.15) is 0 Å². The van der Waals surface area contributed by atoms with E-state index in [4.69, 9.17) is 23.7 Å². The van der Waals surface area contributed by atoms with Crippen molar-refractivity contribution in [1.82, 2.24) is 10.3 Å². The zero-order valence-electron chi connectivity index (χ0n) is 21.4. The lowest BCUT2D eigenvalue weighted by atomic mass is 9.95. The first-order valence-electron chi connectivity index (χ1n) is 12.3. The molecule has 3 atom stereocenters. The molecule has 1 aliphatic heterocycles. The molecule has 0 saturated carbocycles.